The van der Waals surface area contributed by atoms with Crippen molar-refractivity contribution in [1.29, 1.82) is 0 Å². The average Bonchev–Trinajstić information content (AvgIpc) is 2.68. The summed E-state index contributed by atoms with van der Waals surface area (Å²) < 4.78 is 5.64. The van der Waals surface area contributed by atoms with E-state index in [0.29, 0.717) is 37.0 Å². The summed E-state index contributed by atoms with van der Waals surface area (Å²) in [6.45, 7) is 4.81. The first-order valence-electron chi connectivity index (χ1n) is 8.67. The molecule has 0 saturated carbocycles. The molecule has 1 aromatic carbocycles. The summed E-state index contributed by atoms with van der Waals surface area (Å²) in [6, 6.07) is 5.42. The van der Waals surface area contributed by atoms with Crippen LogP contribution in [-0.4, -0.2) is 65.1 Å². The van der Waals surface area contributed by atoms with Gasteiger partial charge in [-0.25, -0.2) is 4.79 Å². The zero-order valence-corrected chi connectivity index (χ0v) is 15.1. The van der Waals surface area contributed by atoms with Crippen LogP contribution < -0.4 is 9.64 Å². The molecule has 7 nitrogen and oxygen atoms in total. The number of fused-ring (bicyclic) bond motifs is 1. The van der Waals surface area contributed by atoms with Crippen LogP contribution in [0.2, 0.25) is 5.02 Å². The van der Waals surface area contributed by atoms with E-state index in [2.05, 4.69) is 14.9 Å². The molecule has 3 heterocycles. The summed E-state index contributed by atoms with van der Waals surface area (Å²) in [5.74, 6) is 0.665. The maximum atomic E-state index is 13.0. The van der Waals surface area contributed by atoms with Crippen LogP contribution in [0.4, 0.5) is 10.5 Å². The average molecular weight is 374 g/mol. The Kier molecular flexibility index (Phi) is 4.90. The second-order valence-electron chi connectivity index (χ2n) is 6.35. The number of aromatic nitrogens is 2. The van der Waals surface area contributed by atoms with E-state index in [9.17, 15) is 4.79 Å². The van der Waals surface area contributed by atoms with Crippen LogP contribution in [-0.2, 0) is 6.54 Å². The van der Waals surface area contributed by atoms with Crippen LogP contribution in [0.15, 0.2) is 36.8 Å². The fraction of sp³-hybridized carbons (Fsp3) is 0.389. The minimum atomic E-state index is 0.0241. The molecular formula is C18H20ClN5O2. The van der Waals surface area contributed by atoms with Crippen molar-refractivity contribution in [3.8, 4) is 5.75 Å². The van der Waals surface area contributed by atoms with Gasteiger partial charge in [0, 0.05) is 62.4 Å². The highest BCUT2D eigenvalue weighted by atomic mass is 35.5. The molecule has 2 aromatic rings. The Hall–Kier alpha value is -2.38. The van der Waals surface area contributed by atoms with Crippen LogP contribution in [0.1, 0.15) is 5.69 Å². The van der Waals surface area contributed by atoms with E-state index >= 15 is 0 Å². The Morgan fingerprint density at radius 2 is 2.00 bits per heavy atom. The Morgan fingerprint density at radius 1 is 1.15 bits per heavy atom. The fourth-order valence-electron chi connectivity index (χ4n) is 3.30. The summed E-state index contributed by atoms with van der Waals surface area (Å²) in [5, 5.41) is 0.607. The Labute approximate surface area is 157 Å². The lowest BCUT2D eigenvalue weighted by Crippen LogP contribution is -2.54. The van der Waals surface area contributed by atoms with Crippen molar-refractivity contribution in [2.75, 3.05) is 44.2 Å². The zero-order chi connectivity index (χ0) is 17.9. The third kappa shape index (κ3) is 3.59. The van der Waals surface area contributed by atoms with Crippen molar-refractivity contribution in [1.82, 2.24) is 19.8 Å². The van der Waals surface area contributed by atoms with Crippen molar-refractivity contribution < 1.29 is 9.53 Å². The van der Waals surface area contributed by atoms with Crippen LogP contribution in [0.5, 0.6) is 5.75 Å². The van der Waals surface area contributed by atoms with Gasteiger partial charge in [0.15, 0.2) is 0 Å². The van der Waals surface area contributed by atoms with Crippen molar-refractivity contribution in [2.45, 2.75) is 6.54 Å². The quantitative estimate of drug-likeness (QED) is 0.808. The number of ether oxygens (including phenoxy) is 1. The van der Waals surface area contributed by atoms with E-state index in [1.807, 2.05) is 11.0 Å². The number of hydrogen-bond donors (Lipinski definition) is 0. The number of rotatable bonds is 2. The Balaban J connectivity index is 1.39. The monoisotopic (exact) mass is 373 g/mol. The second kappa shape index (κ2) is 7.47. The number of hydrogen-bond acceptors (Lipinski definition) is 5. The lowest BCUT2D eigenvalue weighted by Gasteiger charge is -2.38. The molecule has 0 bridgehead atoms. The molecule has 8 heteroatoms. The number of carbonyl (C=O) groups excluding carboxylic acids is 1. The smallest absolute Gasteiger partial charge is 0.324 e. The summed E-state index contributed by atoms with van der Waals surface area (Å²) in [5.41, 5.74) is 1.74. The largest absolute Gasteiger partial charge is 0.489 e. The van der Waals surface area contributed by atoms with Gasteiger partial charge in [0.05, 0.1) is 17.9 Å². The minimum Gasteiger partial charge on any atom is -0.489 e. The van der Waals surface area contributed by atoms with Crippen molar-refractivity contribution in [2.24, 2.45) is 0 Å². The number of piperazine rings is 1. The minimum absolute atomic E-state index is 0.0241. The number of carbonyl (C=O) groups is 1. The number of halogens is 1. The molecule has 2 amide bonds. The zero-order valence-electron chi connectivity index (χ0n) is 14.3. The molecule has 26 heavy (non-hydrogen) atoms. The number of urea groups is 1. The lowest BCUT2D eigenvalue weighted by molar-refractivity contribution is 0.136. The van der Waals surface area contributed by atoms with Crippen LogP contribution >= 0.6 is 11.6 Å². The third-order valence-electron chi connectivity index (χ3n) is 4.66. The van der Waals surface area contributed by atoms with Crippen LogP contribution in [0.3, 0.4) is 0 Å². The van der Waals surface area contributed by atoms with Crippen molar-refractivity contribution in [3.05, 3.63) is 47.5 Å². The fourth-order valence-corrected chi connectivity index (χ4v) is 3.46. The molecule has 0 unspecified atom stereocenters. The summed E-state index contributed by atoms with van der Waals surface area (Å²) in [6.07, 6.45) is 5.16. The van der Waals surface area contributed by atoms with Crippen molar-refractivity contribution >= 4 is 23.3 Å². The first-order valence-corrected chi connectivity index (χ1v) is 9.04. The number of anilines is 1. The van der Waals surface area contributed by atoms with Crippen molar-refractivity contribution in [3.63, 3.8) is 0 Å². The second-order valence-corrected chi connectivity index (χ2v) is 6.79. The van der Waals surface area contributed by atoms with Gasteiger partial charge in [-0.1, -0.05) is 11.6 Å². The molecule has 0 N–H and O–H groups in total. The summed E-state index contributed by atoms with van der Waals surface area (Å²) in [7, 11) is 0. The predicted octanol–water partition coefficient (Wildman–Crippen LogP) is 2.27. The van der Waals surface area contributed by atoms with Gasteiger partial charge in [-0.3, -0.25) is 19.8 Å². The van der Waals surface area contributed by atoms with E-state index in [4.69, 9.17) is 16.3 Å². The topological polar surface area (TPSA) is 61.8 Å². The molecule has 1 fully saturated rings. The van der Waals surface area contributed by atoms with Gasteiger partial charge in [-0.15, -0.1) is 0 Å². The van der Waals surface area contributed by atoms with E-state index in [-0.39, 0.29) is 6.03 Å². The third-order valence-corrected chi connectivity index (χ3v) is 4.90. The normalized spacial score (nSPS) is 17.6. The van der Waals surface area contributed by atoms with Crippen LogP contribution in [0, 0.1) is 0 Å². The Bertz CT molecular complexity index is 780. The number of benzene rings is 1. The van der Waals surface area contributed by atoms with E-state index in [1.54, 1.807) is 35.6 Å². The van der Waals surface area contributed by atoms with Gasteiger partial charge >= 0.3 is 6.03 Å². The number of amides is 2. The standard InChI is InChI=1S/C18H20ClN5O2/c19-14-1-2-16-17(11-14)26-10-9-24(16)18(25)23-7-5-22(6-8-23)13-15-12-20-3-4-21-15/h1-4,11-12H,5-10,13H2. The lowest BCUT2D eigenvalue weighted by atomic mass is 10.2. The number of nitrogens with zero attached hydrogens (tertiary/aromatic N) is 5. The van der Waals surface area contributed by atoms with Gasteiger partial charge in [0.1, 0.15) is 12.4 Å². The maximum absolute atomic E-state index is 13.0. The van der Waals surface area contributed by atoms with Gasteiger partial charge in [0.25, 0.3) is 0 Å². The van der Waals surface area contributed by atoms with Gasteiger partial charge in [-0.2, -0.15) is 0 Å². The molecule has 4 rings (SSSR count). The SMILES string of the molecule is O=C(N1CCN(Cc2cnccn2)CC1)N1CCOc2cc(Cl)ccc21. The molecule has 0 spiro atoms. The molecule has 0 radical (unpaired) electrons. The van der Waals surface area contributed by atoms with E-state index in [0.717, 1.165) is 31.0 Å². The van der Waals surface area contributed by atoms with E-state index in [1.165, 1.54) is 0 Å². The van der Waals surface area contributed by atoms with E-state index < -0.39 is 0 Å². The molecule has 0 atom stereocenters. The van der Waals surface area contributed by atoms with Crippen LogP contribution in [0.25, 0.3) is 0 Å². The predicted molar refractivity (Wildman–Crippen MR) is 98.6 cm³/mol. The highest BCUT2D eigenvalue weighted by molar-refractivity contribution is 6.30. The first kappa shape index (κ1) is 17.1. The highest BCUT2D eigenvalue weighted by Crippen LogP contribution is 2.34. The molecule has 136 valence electrons. The van der Waals surface area contributed by atoms with Gasteiger partial charge in [0.2, 0.25) is 0 Å². The maximum Gasteiger partial charge on any atom is 0.324 e. The molecule has 0 aliphatic carbocycles. The summed E-state index contributed by atoms with van der Waals surface area (Å²) >= 11 is 6.03. The van der Waals surface area contributed by atoms with Gasteiger partial charge in [-0.05, 0) is 12.1 Å². The molecule has 2 aliphatic heterocycles. The Morgan fingerprint density at radius 3 is 2.77 bits per heavy atom. The molecule has 2 aliphatic rings. The van der Waals surface area contributed by atoms with Gasteiger partial charge < -0.3 is 9.64 Å². The molecule has 1 saturated heterocycles. The molecule has 1 aromatic heterocycles. The summed E-state index contributed by atoms with van der Waals surface area (Å²) in [4.78, 5) is 27.4. The highest BCUT2D eigenvalue weighted by Gasteiger charge is 2.29. The first-order chi connectivity index (χ1) is 12.7. The molecular weight excluding hydrogens is 354 g/mol.